The van der Waals surface area contributed by atoms with E-state index >= 15 is 0 Å². The molecule has 1 atom stereocenters. The average molecular weight is 269 g/mol. The first-order valence-electron chi connectivity index (χ1n) is 6.28. The van der Waals surface area contributed by atoms with E-state index in [2.05, 4.69) is 10.1 Å². The average Bonchev–Trinajstić information content (AvgIpc) is 2.30. The fraction of sp³-hybridized carbons (Fsp3) is 0.917. The molecule has 3 nitrogen and oxygen atoms in total. The van der Waals surface area contributed by atoms with Gasteiger partial charge in [-0.2, -0.15) is 13.2 Å². The van der Waals surface area contributed by atoms with Gasteiger partial charge in [0, 0.05) is 6.42 Å². The van der Waals surface area contributed by atoms with Crippen molar-refractivity contribution in [3.8, 4) is 0 Å². The first-order chi connectivity index (χ1) is 8.40. The summed E-state index contributed by atoms with van der Waals surface area (Å²) in [6.07, 6.45) is -1.88. The molecule has 0 aromatic carbocycles. The summed E-state index contributed by atoms with van der Waals surface area (Å²) in [5, 5.41) is 2.95. The standard InChI is InChI=1S/C12H22F3NO2/c1-3-4-7-10(11(17)18-2)16-9-6-5-8-12(13,14)15/h10,16H,3-9H2,1-2H3. The summed E-state index contributed by atoms with van der Waals surface area (Å²) in [7, 11) is 1.31. The molecule has 0 saturated carbocycles. The van der Waals surface area contributed by atoms with Crippen molar-refractivity contribution >= 4 is 5.97 Å². The van der Waals surface area contributed by atoms with E-state index in [1.54, 1.807) is 0 Å². The van der Waals surface area contributed by atoms with Crippen molar-refractivity contribution in [3.63, 3.8) is 0 Å². The Morgan fingerprint density at radius 2 is 1.94 bits per heavy atom. The Morgan fingerprint density at radius 1 is 1.28 bits per heavy atom. The molecule has 0 aromatic heterocycles. The molecule has 0 aliphatic heterocycles. The summed E-state index contributed by atoms with van der Waals surface area (Å²) in [6, 6.07) is -0.402. The van der Waals surface area contributed by atoms with Crippen LogP contribution in [-0.2, 0) is 9.53 Å². The number of carbonyl (C=O) groups excluding carboxylic acids is 1. The molecule has 6 heteroatoms. The van der Waals surface area contributed by atoms with Crippen LogP contribution in [0.1, 0.15) is 45.4 Å². The maximum atomic E-state index is 11.9. The summed E-state index contributed by atoms with van der Waals surface area (Å²) < 4.78 is 40.3. The number of hydrogen-bond acceptors (Lipinski definition) is 3. The van der Waals surface area contributed by atoms with Crippen LogP contribution in [0.4, 0.5) is 13.2 Å². The van der Waals surface area contributed by atoms with Crippen LogP contribution in [0, 0.1) is 0 Å². The van der Waals surface area contributed by atoms with Crippen molar-refractivity contribution in [1.82, 2.24) is 5.32 Å². The number of methoxy groups -OCH3 is 1. The SMILES string of the molecule is CCCCC(NCCCCC(F)(F)F)C(=O)OC. The number of hydrogen-bond donors (Lipinski definition) is 1. The second-order valence-corrected chi connectivity index (χ2v) is 4.24. The molecular formula is C12H22F3NO2. The Balaban J connectivity index is 3.79. The van der Waals surface area contributed by atoms with E-state index < -0.39 is 18.6 Å². The van der Waals surface area contributed by atoms with Crippen molar-refractivity contribution in [1.29, 1.82) is 0 Å². The number of unbranched alkanes of at least 4 members (excludes halogenated alkanes) is 2. The molecule has 0 aromatic rings. The van der Waals surface area contributed by atoms with Gasteiger partial charge in [-0.3, -0.25) is 4.79 Å². The number of esters is 1. The molecule has 0 aliphatic rings. The molecule has 0 radical (unpaired) electrons. The molecule has 1 N–H and O–H groups in total. The fourth-order valence-electron chi connectivity index (χ4n) is 1.58. The number of ether oxygens (including phenoxy) is 1. The summed E-state index contributed by atoms with van der Waals surface area (Å²) >= 11 is 0. The number of halogens is 3. The minimum Gasteiger partial charge on any atom is -0.468 e. The van der Waals surface area contributed by atoms with E-state index in [4.69, 9.17) is 0 Å². The van der Waals surface area contributed by atoms with Gasteiger partial charge in [0.2, 0.25) is 0 Å². The van der Waals surface area contributed by atoms with Crippen LogP contribution in [-0.4, -0.2) is 31.8 Å². The molecule has 0 bridgehead atoms. The van der Waals surface area contributed by atoms with Gasteiger partial charge in [0.05, 0.1) is 7.11 Å². The van der Waals surface area contributed by atoms with E-state index in [1.807, 2.05) is 6.92 Å². The fourth-order valence-corrected chi connectivity index (χ4v) is 1.58. The van der Waals surface area contributed by atoms with Gasteiger partial charge in [0.1, 0.15) is 6.04 Å². The van der Waals surface area contributed by atoms with Gasteiger partial charge >= 0.3 is 12.1 Å². The topological polar surface area (TPSA) is 38.3 Å². The first kappa shape index (κ1) is 17.2. The van der Waals surface area contributed by atoms with Gasteiger partial charge in [-0.05, 0) is 25.8 Å². The monoisotopic (exact) mass is 269 g/mol. The van der Waals surface area contributed by atoms with Crippen LogP contribution < -0.4 is 5.32 Å². The van der Waals surface area contributed by atoms with Gasteiger partial charge in [-0.15, -0.1) is 0 Å². The lowest BCUT2D eigenvalue weighted by Gasteiger charge is -2.16. The van der Waals surface area contributed by atoms with E-state index in [0.717, 1.165) is 12.8 Å². The van der Waals surface area contributed by atoms with Crippen LogP contribution in [0.15, 0.2) is 0 Å². The predicted molar refractivity (Wildman–Crippen MR) is 63.2 cm³/mol. The van der Waals surface area contributed by atoms with Gasteiger partial charge in [0.25, 0.3) is 0 Å². The predicted octanol–water partition coefficient (Wildman–Crippen LogP) is 3.04. The zero-order valence-electron chi connectivity index (χ0n) is 11.0. The Hall–Kier alpha value is -0.780. The molecule has 18 heavy (non-hydrogen) atoms. The summed E-state index contributed by atoms with van der Waals surface area (Å²) in [6.45, 7) is 2.41. The lowest BCUT2D eigenvalue weighted by atomic mass is 10.1. The smallest absolute Gasteiger partial charge is 0.389 e. The van der Waals surface area contributed by atoms with Crippen molar-refractivity contribution in [2.24, 2.45) is 0 Å². The Kier molecular flexibility index (Phi) is 8.79. The Bertz CT molecular complexity index is 232. The molecule has 0 spiro atoms. The van der Waals surface area contributed by atoms with E-state index in [9.17, 15) is 18.0 Å². The number of carbonyl (C=O) groups is 1. The first-order valence-corrected chi connectivity index (χ1v) is 6.28. The Morgan fingerprint density at radius 3 is 2.44 bits per heavy atom. The summed E-state index contributed by atoms with van der Waals surface area (Å²) in [5.74, 6) is -0.348. The Labute approximate surface area is 106 Å². The van der Waals surface area contributed by atoms with Gasteiger partial charge < -0.3 is 10.1 Å². The minimum atomic E-state index is -4.09. The van der Waals surface area contributed by atoms with Crippen LogP contribution in [0.2, 0.25) is 0 Å². The maximum absolute atomic E-state index is 11.9. The normalized spacial score (nSPS) is 13.4. The molecule has 0 heterocycles. The van der Waals surface area contributed by atoms with E-state index in [-0.39, 0.29) is 12.4 Å². The molecule has 108 valence electrons. The molecule has 0 fully saturated rings. The van der Waals surface area contributed by atoms with Gasteiger partial charge in [-0.1, -0.05) is 19.8 Å². The third-order valence-electron chi connectivity index (χ3n) is 2.61. The largest absolute Gasteiger partial charge is 0.468 e. The highest BCUT2D eigenvalue weighted by Gasteiger charge is 2.26. The summed E-state index contributed by atoms with van der Waals surface area (Å²) in [5.41, 5.74) is 0. The second kappa shape index (κ2) is 9.19. The van der Waals surface area contributed by atoms with Crippen LogP contribution in [0.3, 0.4) is 0 Å². The molecular weight excluding hydrogens is 247 g/mol. The highest BCUT2D eigenvalue weighted by molar-refractivity contribution is 5.75. The second-order valence-electron chi connectivity index (χ2n) is 4.24. The van der Waals surface area contributed by atoms with Crippen molar-refractivity contribution in [2.45, 2.75) is 57.7 Å². The van der Waals surface area contributed by atoms with Gasteiger partial charge in [0.15, 0.2) is 0 Å². The highest BCUT2D eigenvalue weighted by atomic mass is 19.4. The lowest BCUT2D eigenvalue weighted by molar-refractivity contribution is -0.143. The zero-order valence-corrected chi connectivity index (χ0v) is 11.0. The highest BCUT2D eigenvalue weighted by Crippen LogP contribution is 2.21. The van der Waals surface area contributed by atoms with Gasteiger partial charge in [-0.25, -0.2) is 0 Å². The van der Waals surface area contributed by atoms with Crippen LogP contribution in [0.5, 0.6) is 0 Å². The molecule has 0 amide bonds. The number of alkyl halides is 3. The third-order valence-corrected chi connectivity index (χ3v) is 2.61. The molecule has 0 rings (SSSR count). The van der Waals surface area contributed by atoms with E-state index in [1.165, 1.54) is 7.11 Å². The molecule has 1 unspecified atom stereocenters. The minimum absolute atomic E-state index is 0.0815. The number of rotatable bonds is 9. The summed E-state index contributed by atoms with van der Waals surface area (Å²) in [4.78, 5) is 11.4. The van der Waals surface area contributed by atoms with Crippen molar-refractivity contribution in [3.05, 3.63) is 0 Å². The van der Waals surface area contributed by atoms with Crippen molar-refractivity contribution < 1.29 is 22.7 Å². The van der Waals surface area contributed by atoms with Crippen LogP contribution >= 0.6 is 0 Å². The van der Waals surface area contributed by atoms with Crippen LogP contribution in [0.25, 0.3) is 0 Å². The quantitative estimate of drug-likeness (QED) is 0.516. The molecule has 0 saturated heterocycles. The van der Waals surface area contributed by atoms with E-state index in [0.29, 0.717) is 19.4 Å². The lowest BCUT2D eigenvalue weighted by Crippen LogP contribution is -2.38. The number of nitrogens with one attached hydrogen (secondary N) is 1. The zero-order chi connectivity index (χ0) is 14.0. The molecule has 0 aliphatic carbocycles. The maximum Gasteiger partial charge on any atom is 0.389 e. The van der Waals surface area contributed by atoms with Crippen molar-refractivity contribution in [2.75, 3.05) is 13.7 Å². The third kappa shape index (κ3) is 9.27.